The summed E-state index contributed by atoms with van der Waals surface area (Å²) in [5.74, 6) is 1.52. The summed E-state index contributed by atoms with van der Waals surface area (Å²) in [6.07, 6.45) is 9.72. The molecule has 0 aromatic carbocycles. The molecule has 4 rings (SSSR count). The molecule has 1 atom stereocenters. The molecule has 1 N–H and O–H groups in total. The third kappa shape index (κ3) is 3.60. The third-order valence-corrected chi connectivity index (χ3v) is 5.10. The van der Waals surface area contributed by atoms with E-state index in [2.05, 4.69) is 31.4 Å². The van der Waals surface area contributed by atoms with Crippen LogP contribution >= 0.6 is 0 Å². The number of ether oxygens (including phenoxy) is 1. The lowest BCUT2D eigenvalue weighted by Gasteiger charge is -2.35. The molecule has 144 valence electrons. The molecule has 3 aromatic heterocycles. The van der Waals surface area contributed by atoms with Crippen molar-refractivity contribution in [3.63, 3.8) is 0 Å². The van der Waals surface area contributed by atoms with Crippen LogP contribution in [0.25, 0.3) is 11.4 Å². The van der Waals surface area contributed by atoms with E-state index in [4.69, 9.17) is 4.74 Å². The van der Waals surface area contributed by atoms with Crippen LogP contribution in [0.4, 0.5) is 10.2 Å². The van der Waals surface area contributed by atoms with E-state index in [0.717, 1.165) is 47.9 Å². The second-order valence-electron chi connectivity index (χ2n) is 6.87. The van der Waals surface area contributed by atoms with Gasteiger partial charge in [0.2, 0.25) is 5.88 Å². The first-order valence-corrected chi connectivity index (χ1v) is 9.26. The summed E-state index contributed by atoms with van der Waals surface area (Å²) in [5, 5.41) is 0. The number of hydrogen-bond donors (Lipinski definition) is 1. The van der Waals surface area contributed by atoms with E-state index in [0.29, 0.717) is 6.42 Å². The minimum absolute atomic E-state index is 0.0222. The van der Waals surface area contributed by atoms with Crippen molar-refractivity contribution in [2.45, 2.75) is 19.3 Å². The highest BCUT2D eigenvalue weighted by Crippen LogP contribution is 2.33. The van der Waals surface area contributed by atoms with Gasteiger partial charge >= 0.3 is 0 Å². The highest BCUT2D eigenvalue weighted by Gasteiger charge is 2.26. The van der Waals surface area contributed by atoms with Crippen molar-refractivity contribution < 1.29 is 9.13 Å². The number of pyridine rings is 2. The number of aromatic amines is 1. The van der Waals surface area contributed by atoms with Gasteiger partial charge in [-0.25, -0.2) is 14.4 Å². The average Bonchev–Trinajstić information content (AvgIpc) is 3.20. The third-order valence-electron chi connectivity index (χ3n) is 5.10. The van der Waals surface area contributed by atoms with Crippen LogP contribution in [-0.4, -0.2) is 33.6 Å². The zero-order chi connectivity index (χ0) is 19.5. The Kier molecular flexibility index (Phi) is 5.06. The summed E-state index contributed by atoms with van der Waals surface area (Å²) in [7, 11) is 1.41. The lowest BCUT2D eigenvalue weighted by Crippen LogP contribution is -2.33. The number of aromatic nitrogens is 4. The standard InChI is InChI=1S/C21H22FN5O/c1-14-17(10-15-11-18(22)21(28-2)25-12-15)4-3-9-27(14)19-13-24-20(26-19)16-5-7-23-8-6-16/h5-8,11-13,17H,1,3-4,9-10H2,2H3,(H,24,26). The molecular formula is C21H22FN5O. The Balaban J connectivity index is 1.50. The van der Waals surface area contributed by atoms with Crippen molar-refractivity contribution in [1.29, 1.82) is 0 Å². The maximum absolute atomic E-state index is 14.0. The summed E-state index contributed by atoms with van der Waals surface area (Å²) < 4.78 is 18.9. The van der Waals surface area contributed by atoms with Crippen LogP contribution in [0.5, 0.6) is 5.88 Å². The van der Waals surface area contributed by atoms with Gasteiger partial charge in [-0.3, -0.25) is 4.98 Å². The zero-order valence-corrected chi connectivity index (χ0v) is 15.7. The number of anilines is 1. The van der Waals surface area contributed by atoms with Gasteiger partial charge in [0.15, 0.2) is 5.82 Å². The average molecular weight is 379 g/mol. The molecule has 3 aromatic rings. The quantitative estimate of drug-likeness (QED) is 0.726. The Bertz CT molecular complexity index is 972. The van der Waals surface area contributed by atoms with Crippen molar-refractivity contribution in [3.05, 3.63) is 66.6 Å². The summed E-state index contributed by atoms with van der Waals surface area (Å²) in [6.45, 7) is 5.19. The Hall–Kier alpha value is -3.22. The molecule has 7 heteroatoms. The van der Waals surface area contributed by atoms with Gasteiger partial charge in [-0.05, 0) is 43.0 Å². The predicted molar refractivity (Wildman–Crippen MR) is 105 cm³/mol. The Morgan fingerprint density at radius 1 is 1.29 bits per heavy atom. The summed E-state index contributed by atoms with van der Waals surface area (Å²) in [4.78, 5) is 18.1. The molecule has 4 heterocycles. The molecule has 0 saturated carbocycles. The van der Waals surface area contributed by atoms with Crippen LogP contribution in [0.1, 0.15) is 18.4 Å². The van der Waals surface area contributed by atoms with Crippen molar-refractivity contribution in [2.24, 2.45) is 5.92 Å². The minimum Gasteiger partial charge on any atom is -0.479 e. The van der Waals surface area contributed by atoms with Crippen LogP contribution in [0.2, 0.25) is 0 Å². The van der Waals surface area contributed by atoms with E-state index < -0.39 is 5.82 Å². The van der Waals surface area contributed by atoms with Gasteiger partial charge in [0.1, 0.15) is 11.6 Å². The fraction of sp³-hybridized carbons (Fsp3) is 0.286. The molecule has 1 aliphatic heterocycles. The number of nitrogens with one attached hydrogen (secondary N) is 1. The molecule has 0 spiro atoms. The van der Waals surface area contributed by atoms with Crippen LogP contribution < -0.4 is 9.64 Å². The van der Waals surface area contributed by atoms with Crippen molar-refractivity contribution >= 4 is 5.82 Å². The van der Waals surface area contributed by atoms with E-state index in [-0.39, 0.29) is 11.8 Å². The molecule has 0 amide bonds. The normalized spacial score (nSPS) is 17.0. The maximum Gasteiger partial charge on any atom is 0.250 e. The van der Waals surface area contributed by atoms with E-state index >= 15 is 0 Å². The number of piperidine rings is 1. The molecule has 1 saturated heterocycles. The number of nitrogens with zero attached hydrogens (tertiary/aromatic N) is 4. The molecule has 0 bridgehead atoms. The van der Waals surface area contributed by atoms with Crippen molar-refractivity contribution in [2.75, 3.05) is 18.6 Å². The summed E-state index contributed by atoms with van der Waals surface area (Å²) in [6, 6.07) is 5.33. The number of imidazole rings is 1. The van der Waals surface area contributed by atoms with Gasteiger partial charge in [-0.15, -0.1) is 0 Å². The minimum atomic E-state index is -0.436. The van der Waals surface area contributed by atoms with Crippen LogP contribution in [0.15, 0.2) is 55.3 Å². The maximum atomic E-state index is 14.0. The van der Waals surface area contributed by atoms with E-state index in [1.165, 1.54) is 13.2 Å². The number of allylic oxidation sites excluding steroid dienone is 1. The summed E-state index contributed by atoms with van der Waals surface area (Å²) in [5.41, 5.74) is 2.83. The largest absolute Gasteiger partial charge is 0.479 e. The summed E-state index contributed by atoms with van der Waals surface area (Å²) >= 11 is 0. The van der Waals surface area contributed by atoms with Crippen molar-refractivity contribution in [3.8, 4) is 17.3 Å². The second kappa shape index (κ2) is 7.80. The molecule has 1 fully saturated rings. The molecule has 0 radical (unpaired) electrons. The lowest BCUT2D eigenvalue weighted by molar-refractivity contribution is 0.368. The smallest absolute Gasteiger partial charge is 0.250 e. The Morgan fingerprint density at radius 2 is 2.11 bits per heavy atom. The monoisotopic (exact) mass is 379 g/mol. The second-order valence-corrected chi connectivity index (χ2v) is 6.87. The van der Waals surface area contributed by atoms with E-state index in [1.807, 2.05) is 18.3 Å². The van der Waals surface area contributed by atoms with Gasteiger partial charge in [0, 0.05) is 42.3 Å². The first kappa shape index (κ1) is 18.2. The first-order chi connectivity index (χ1) is 13.7. The van der Waals surface area contributed by atoms with Gasteiger partial charge < -0.3 is 14.6 Å². The van der Waals surface area contributed by atoms with Gasteiger partial charge in [-0.2, -0.15) is 0 Å². The topological polar surface area (TPSA) is 66.9 Å². The number of rotatable bonds is 5. The number of H-pyrrole nitrogens is 1. The molecular weight excluding hydrogens is 357 g/mol. The van der Waals surface area contributed by atoms with Gasteiger partial charge in [-0.1, -0.05) is 6.58 Å². The van der Waals surface area contributed by atoms with Crippen LogP contribution in [0.3, 0.4) is 0 Å². The highest BCUT2D eigenvalue weighted by atomic mass is 19.1. The van der Waals surface area contributed by atoms with Gasteiger partial charge in [0.25, 0.3) is 0 Å². The molecule has 6 nitrogen and oxygen atoms in total. The molecule has 0 aliphatic carbocycles. The van der Waals surface area contributed by atoms with E-state index in [1.54, 1.807) is 18.6 Å². The van der Waals surface area contributed by atoms with Gasteiger partial charge in [0.05, 0.1) is 13.3 Å². The molecule has 1 aliphatic rings. The number of methoxy groups -OCH3 is 1. The zero-order valence-electron chi connectivity index (χ0n) is 15.7. The first-order valence-electron chi connectivity index (χ1n) is 9.26. The van der Waals surface area contributed by atoms with Crippen LogP contribution in [-0.2, 0) is 6.42 Å². The number of halogens is 1. The fourth-order valence-corrected chi connectivity index (χ4v) is 3.64. The number of hydrogen-bond acceptors (Lipinski definition) is 5. The van der Waals surface area contributed by atoms with Crippen LogP contribution in [0, 0.1) is 11.7 Å². The molecule has 28 heavy (non-hydrogen) atoms. The Morgan fingerprint density at radius 3 is 2.86 bits per heavy atom. The fourth-order valence-electron chi connectivity index (χ4n) is 3.64. The predicted octanol–water partition coefficient (Wildman–Crippen LogP) is 3.99. The SMILES string of the molecule is C=C1C(Cc2cnc(OC)c(F)c2)CCCN1c1cnc(-c2ccncc2)[nH]1. The van der Waals surface area contributed by atoms with Crippen molar-refractivity contribution in [1.82, 2.24) is 19.9 Å². The highest BCUT2D eigenvalue weighted by molar-refractivity contribution is 5.59. The van der Waals surface area contributed by atoms with E-state index in [9.17, 15) is 4.39 Å². The Labute approximate surface area is 163 Å². The lowest BCUT2D eigenvalue weighted by atomic mass is 9.89. The molecule has 1 unspecified atom stereocenters.